The molecule has 3 aliphatic rings. The van der Waals surface area contributed by atoms with Crippen LogP contribution in [0.25, 0.3) is 0 Å². The average molecular weight is 189 g/mol. The first-order chi connectivity index (χ1) is 6.63. The Labute approximate surface area is 84.3 Å². The third-order valence-corrected chi connectivity index (χ3v) is 4.88. The molecule has 0 amide bonds. The molecule has 0 aromatic carbocycles. The highest BCUT2D eigenvalue weighted by Gasteiger charge is 2.74. The van der Waals surface area contributed by atoms with E-state index >= 15 is 0 Å². The lowest BCUT2D eigenvalue weighted by Gasteiger charge is -2.31. The van der Waals surface area contributed by atoms with Crippen LogP contribution in [0.4, 0.5) is 0 Å². The van der Waals surface area contributed by atoms with Crippen molar-refractivity contribution >= 4 is 5.78 Å². The highest BCUT2D eigenvalue weighted by Crippen LogP contribution is 2.72. The number of rotatable bonds is 0. The molecule has 3 fully saturated rings. The SMILES string of the molecule is C[C@]12C[C@H]3CCC[C@@H]3C(=O)[C@@]1(C#N)C2. The topological polar surface area (TPSA) is 40.9 Å². The van der Waals surface area contributed by atoms with Gasteiger partial charge in [-0.3, -0.25) is 4.79 Å². The second kappa shape index (κ2) is 2.21. The molecule has 2 heteroatoms. The molecule has 0 unspecified atom stereocenters. The van der Waals surface area contributed by atoms with Crippen molar-refractivity contribution in [3.05, 3.63) is 0 Å². The number of carbonyl (C=O) groups is 1. The van der Waals surface area contributed by atoms with Crippen LogP contribution in [0, 0.1) is 34.0 Å². The monoisotopic (exact) mass is 189 g/mol. The fourth-order valence-electron chi connectivity index (χ4n) is 3.92. The minimum atomic E-state index is -0.557. The molecule has 0 spiro atoms. The van der Waals surface area contributed by atoms with Gasteiger partial charge in [0.1, 0.15) is 5.41 Å². The Morgan fingerprint density at radius 1 is 1.50 bits per heavy atom. The lowest BCUT2D eigenvalue weighted by molar-refractivity contribution is -0.131. The van der Waals surface area contributed by atoms with Crippen LogP contribution in [0.5, 0.6) is 0 Å². The average Bonchev–Trinajstić information content (AvgIpc) is 2.55. The van der Waals surface area contributed by atoms with Crippen molar-refractivity contribution in [3.8, 4) is 6.07 Å². The van der Waals surface area contributed by atoms with Crippen LogP contribution in [0.3, 0.4) is 0 Å². The van der Waals surface area contributed by atoms with Gasteiger partial charge in [0.25, 0.3) is 0 Å². The number of ketones is 1. The fourth-order valence-corrected chi connectivity index (χ4v) is 3.92. The lowest BCUT2D eigenvalue weighted by atomic mass is 9.70. The van der Waals surface area contributed by atoms with E-state index in [1.807, 2.05) is 0 Å². The maximum Gasteiger partial charge on any atom is 0.156 e. The molecule has 3 rings (SSSR count). The molecule has 0 radical (unpaired) electrons. The molecule has 0 heterocycles. The van der Waals surface area contributed by atoms with Gasteiger partial charge in [0.15, 0.2) is 5.78 Å². The Hall–Kier alpha value is -0.840. The van der Waals surface area contributed by atoms with Gasteiger partial charge in [-0.25, -0.2) is 0 Å². The third-order valence-electron chi connectivity index (χ3n) is 4.88. The van der Waals surface area contributed by atoms with Crippen LogP contribution in [0.1, 0.15) is 39.0 Å². The summed E-state index contributed by atoms with van der Waals surface area (Å²) in [5.74, 6) is 1.14. The van der Waals surface area contributed by atoms with E-state index in [9.17, 15) is 10.1 Å². The van der Waals surface area contributed by atoms with Crippen LogP contribution in [0.15, 0.2) is 0 Å². The van der Waals surface area contributed by atoms with Crippen LogP contribution < -0.4 is 0 Å². The summed E-state index contributed by atoms with van der Waals surface area (Å²) in [6.07, 6.45) is 5.41. The molecule has 0 bridgehead atoms. The predicted molar refractivity (Wildman–Crippen MR) is 51.2 cm³/mol. The van der Waals surface area contributed by atoms with Crippen molar-refractivity contribution < 1.29 is 4.79 Å². The second-order valence-corrected chi connectivity index (χ2v) is 5.62. The van der Waals surface area contributed by atoms with Crippen LogP contribution in [0.2, 0.25) is 0 Å². The normalized spacial score (nSPS) is 54.7. The lowest BCUT2D eigenvalue weighted by Crippen LogP contribution is -2.36. The van der Waals surface area contributed by atoms with Gasteiger partial charge in [-0.2, -0.15) is 5.26 Å². The molecule has 0 aliphatic heterocycles. The van der Waals surface area contributed by atoms with Crippen molar-refractivity contribution in [1.82, 2.24) is 0 Å². The van der Waals surface area contributed by atoms with Crippen LogP contribution in [-0.4, -0.2) is 5.78 Å². The summed E-state index contributed by atoms with van der Waals surface area (Å²) in [5.41, 5.74) is -0.511. The van der Waals surface area contributed by atoms with Gasteiger partial charge < -0.3 is 0 Å². The van der Waals surface area contributed by atoms with Gasteiger partial charge in [-0.1, -0.05) is 13.3 Å². The maximum atomic E-state index is 12.2. The van der Waals surface area contributed by atoms with Crippen LogP contribution >= 0.6 is 0 Å². The molecule has 74 valence electrons. The van der Waals surface area contributed by atoms with E-state index < -0.39 is 5.41 Å². The maximum absolute atomic E-state index is 12.2. The van der Waals surface area contributed by atoms with E-state index in [2.05, 4.69) is 13.0 Å². The summed E-state index contributed by atoms with van der Waals surface area (Å²) in [7, 11) is 0. The Kier molecular flexibility index (Phi) is 1.34. The van der Waals surface area contributed by atoms with Crippen molar-refractivity contribution in [2.24, 2.45) is 22.7 Å². The number of hydrogen-bond donors (Lipinski definition) is 0. The highest BCUT2D eigenvalue weighted by atomic mass is 16.1. The first-order valence-corrected chi connectivity index (χ1v) is 5.59. The molecular formula is C12H15NO. The van der Waals surface area contributed by atoms with Crippen molar-refractivity contribution in [3.63, 3.8) is 0 Å². The standard InChI is InChI=1S/C12H15NO/c1-11-5-8-3-2-4-9(8)10(14)12(11,6-11)7-13/h8-9H,2-6H2,1H3/t8-,9+,11-,12+/m1/s1. The molecule has 3 aliphatic carbocycles. The Bertz CT molecular complexity index is 356. The smallest absolute Gasteiger partial charge is 0.156 e. The van der Waals surface area contributed by atoms with E-state index in [1.54, 1.807) is 0 Å². The molecule has 3 saturated carbocycles. The van der Waals surface area contributed by atoms with Crippen molar-refractivity contribution in [1.29, 1.82) is 5.26 Å². The summed E-state index contributed by atoms with van der Waals surface area (Å²) in [4.78, 5) is 12.2. The summed E-state index contributed by atoms with van der Waals surface area (Å²) in [5, 5.41) is 9.18. The summed E-state index contributed by atoms with van der Waals surface area (Å²) in [6.45, 7) is 2.13. The number of Topliss-reactive ketones (excluding diaryl/α,β-unsaturated/α-hetero) is 1. The zero-order chi connectivity index (χ0) is 9.97. The van der Waals surface area contributed by atoms with E-state index in [4.69, 9.17) is 0 Å². The fraction of sp³-hybridized carbons (Fsp3) is 0.833. The quantitative estimate of drug-likeness (QED) is 0.586. The largest absolute Gasteiger partial charge is 0.298 e. The number of hydrogen-bond acceptors (Lipinski definition) is 2. The Morgan fingerprint density at radius 3 is 3.00 bits per heavy atom. The molecule has 0 aromatic rings. The van der Waals surface area contributed by atoms with Gasteiger partial charge in [0, 0.05) is 5.92 Å². The van der Waals surface area contributed by atoms with Crippen LogP contribution in [-0.2, 0) is 4.79 Å². The molecule has 0 N–H and O–H groups in total. The van der Waals surface area contributed by atoms with Gasteiger partial charge in [-0.15, -0.1) is 0 Å². The zero-order valence-electron chi connectivity index (χ0n) is 8.55. The van der Waals surface area contributed by atoms with Gasteiger partial charge >= 0.3 is 0 Å². The molecule has 14 heavy (non-hydrogen) atoms. The van der Waals surface area contributed by atoms with E-state index in [1.165, 1.54) is 12.8 Å². The molecule has 0 saturated heterocycles. The minimum Gasteiger partial charge on any atom is -0.298 e. The van der Waals surface area contributed by atoms with E-state index in [-0.39, 0.29) is 17.1 Å². The zero-order valence-corrected chi connectivity index (χ0v) is 8.55. The first kappa shape index (κ1) is 8.47. The summed E-state index contributed by atoms with van der Waals surface area (Å²) >= 11 is 0. The van der Waals surface area contributed by atoms with Crippen molar-refractivity contribution in [2.75, 3.05) is 0 Å². The Morgan fingerprint density at radius 2 is 2.29 bits per heavy atom. The number of nitriles is 1. The summed E-state index contributed by atoms with van der Waals surface area (Å²) < 4.78 is 0. The molecule has 4 atom stereocenters. The number of carbonyl (C=O) groups excluding carboxylic acids is 1. The van der Waals surface area contributed by atoms with Crippen molar-refractivity contribution in [2.45, 2.75) is 39.0 Å². The number of fused-ring (bicyclic) bond motifs is 2. The Balaban J connectivity index is 2.01. The molecule has 0 aromatic heterocycles. The summed E-state index contributed by atoms with van der Waals surface area (Å²) in [6, 6.07) is 2.31. The highest BCUT2D eigenvalue weighted by molar-refractivity contribution is 5.95. The first-order valence-electron chi connectivity index (χ1n) is 5.59. The molecular weight excluding hydrogens is 174 g/mol. The minimum absolute atomic E-state index is 0.0460. The third kappa shape index (κ3) is 0.714. The van der Waals surface area contributed by atoms with Gasteiger partial charge in [-0.05, 0) is 37.0 Å². The van der Waals surface area contributed by atoms with Gasteiger partial charge in [0.05, 0.1) is 6.07 Å². The van der Waals surface area contributed by atoms with E-state index in [0.29, 0.717) is 5.92 Å². The second-order valence-electron chi connectivity index (χ2n) is 5.62. The predicted octanol–water partition coefficient (Wildman–Crippen LogP) is 2.30. The molecule has 2 nitrogen and oxygen atoms in total. The number of nitrogens with zero attached hydrogens (tertiary/aromatic N) is 1. The van der Waals surface area contributed by atoms with E-state index in [0.717, 1.165) is 19.3 Å². The van der Waals surface area contributed by atoms with Gasteiger partial charge in [0.2, 0.25) is 0 Å².